The number of barbiturate groups is 1. The largest absolute Gasteiger partial charge is 0.497 e. The molecule has 1 aliphatic rings. The zero-order valence-corrected chi connectivity index (χ0v) is 19.5. The van der Waals surface area contributed by atoms with Gasteiger partial charge in [-0.3, -0.25) is 14.9 Å². The Morgan fingerprint density at radius 2 is 1.58 bits per heavy atom. The number of carbonyl (C=O) groups is 3. The van der Waals surface area contributed by atoms with Gasteiger partial charge in [0, 0.05) is 17.1 Å². The lowest BCUT2D eigenvalue weighted by Gasteiger charge is -2.26. The third-order valence-electron chi connectivity index (χ3n) is 5.36. The van der Waals surface area contributed by atoms with E-state index in [1.54, 1.807) is 36.4 Å². The van der Waals surface area contributed by atoms with Gasteiger partial charge in [-0.2, -0.15) is 0 Å². The summed E-state index contributed by atoms with van der Waals surface area (Å²) < 4.78 is 7.05. The van der Waals surface area contributed by atoms with Crippen LogP contribution in [0.3, 0.4) is 0 Å². The molecule has 1 aromatic heterocycles. The zero-order valence-electron chi connectivity index (χ0n) is 18.0. The standard InChI is InChI=1S/C24H19Cl2N3O4/c1-13-10-15(14(2)28(13)17-6-9-20(25)21(26)12-17)11-19-22(30)27-24(32)29(23(19)31)16-4-7-18(33-3)8-5-16/h4-12H,1-3H3,(H,27,30,32)/b19-11-. The molecule has 7 nitrogen and oxygen atoms in total. The highest BCUT2D eigenvalue weighted by Gasteiger charge is 2.37. The number of hydrogen-bond acceptors (Lipinski definition) is 4. The second kappa shape index (κ2) is 8.77. The fraction of sp³-hybridized carbons (Fsp3) is 0.125. The number of ether oxygens (including phenoxy) is 1. The van der Waals surface area contributed by atoms with E-state index in [2.05, 4.69) is 5.32 Å². The molecule has 2 heterocycles. The second-order valence-corrected chi connectivity index (χ2v) is 8.23. The van der Waals surface area contributed by atoms with Crippen molar-refractivity contribution in [3.8, 4) is 11.4 Å². The molecular weight excluding hydrogens is 465 g/mol. The number of carbonyl (C=O) groups excluding carboxylic acids is 3. The van der Waals surface area contributed by atoms with Gasteiger partial charge in [0.15, 0.2) is 0 Å². The predicted molar refractivity (Wildman–Crippen MR) is 127 cm³/mol. The van der Waals surface area contributed by atoms with Gasteiger partial charge in [-0.1, -0.05) is 23.2 Å². The van der Waals surface area contributed by atoms with Gasteiger partial charge < -0.3 is 9.30 Å². The molecule has 0 radical (unpaired) electrons. The molecule has 168 valence electrons. The van der Waals surface area contributed by atoms with Gasteiger partial charge in [0.25, 0.3) is 11.8 Å². The van der Waals surface area contributed by atoms with Crippen molar-refractivity contribution in [2.75, 3.05) is 12.0 Å². The molecule has 4 rings (SSSR count). The lowest BCUT2D eigenvalue weighted by molar-refractivity contribution is -0.122. The number of anilines is 1. The monoisotopic (exact) mass is 483 g/mol. The Balaban J connectivity index is 1.74. The van der Waals surface area contributed by atoms with E-state index in [0.29, 0.717) is 27.0 Å². The van der Waals surface area contributed by atoms with E-state index < -0.39 is 17.8 Å². The Hall–Kier alpha value is -3.55. The maximum atomic E-state index is 13.2. The summed E-state index contributed by atoms with van der Waals surface area (Å²) in [6, 6.07) is 12.7. The SMILES string of the molecule is COc1ccc(N2C(=O)NC(=O)/C(=C/c3cc(C)n(-c4ccc(Cl)c(Cl)c4)c3C)C2=O)cc1. The van der Waals surface area contributed by atoms with Gasteiger partial charge in [-0.15, -0.1) is 0 Å². The third kappa shape index (κ3) is 4.13. The number of aryl methyl sites for hydroxylation is 1. The molecule has 33 heavy (non-hydrogen) atoms. The third-order valence-corrected chi connectivity index (χ3v) is 6.10. The van der Waals surface area contributed by atoms with Crippen molar-refractivity contribution in [1.82, 2.24) is 9.88 Å². The van der Waals surface area contributed by atoms with Crippen LogP contribution < -0.4 is 15.0 Å². The first-order valence-electron chi connectivity index (χ1n) is 9.91. The highest BCUT2D eigenvalue weighted by Crippen LogP contribution is 2.29. The number of amides is 4. The average Bonchev–Trinajstić information content (AvgIpc) is 3.06. The van der Waals surface area contributed by atoms with Crippen molar-refractivity contribution >= 4 is 52.8 Å². The Kier molecular flexibility index (Phi) is 6.01. The number of hydrogen-bond donors (Lipinski definition) is 1. The van der Waals surface area contributed by atoms with Crippen LogP contribution in [-0.2, 0) is 9.59 Å². The van der Waals surface area contributed by atoms with Crippen molar-refractivity contribution in [2.45, 2.75) is 13.8 Å². The molecule has 1 N–H and O–H groups in total. The van der Waals surface area contributed by atoms with Crippen molar-refractivity contribution < 1.29 is 19.1 Å². The summed E-state index contributed by atoms with van der Waals surface area (Å²) in [7, 11) is 1.52. The molecule has 9 heteroatoms. The van der Waals surface area contributed by atoms with Gasteiger partial charge in [0.1, 0.15) is 11.3 Å². The Labute approximate surface area is 200 Å². The maximum Gasteiger partial charge on any atom is 0.335 e. The number of methoxy groups -OCH3 is 1. The van der Waals surface area contributed by atoms with E-state index in [9.17, 15) is 14.4 Å². The summed E-state index contributed by atoms with van der Waals surface area (Å²) in [5.74, 6) is -0.896. The highest BCUT2D eigenvalue weighted by atomic mass is 35.5. The number of nitrogens with one attached hydrogen (secondary N) is 1. The fourth-order valence-electron chi connectivity index (χ4n) is 3.73. The smallest absolute Gasteiger partial charge is 0.335 e. The van der Waals surface area contributed by atoms with E-state index in [4.69, 9.17) is 27.9 Å². The quantitative estimate of drug-likeness (QED) is 0.414. The minimum Gasteiger partial charge on any atom is -0.497 e. The fourth-order valence-corrected chi connectivity index (χ4v) is 4.03. The average molecular weight is 484 g/mol. The van der Waals surface area contributed by atoms with Gasteiger partial charge in [-0.05, 0) is 74.0 Å². The lowest BCUT2D eigenvalue weighted by Crippen LogP contribution is -2.54. The molecule has 0 unspecified atom stereocenters. The molecule has 1 aliphatic heterocycles. The van der Waals surface area contributed by atoms with Gasteiger partial charge in [0.05, 0.1) is 22.8 Å². The molecule has 0 saturated carbocycles. The molecule has 0 bridgehead atoms. The molecule has 1 saturated heterocycles. The van der Waals surface area contributed by atoms with Gasteiger partial charge >= 0.3 is 6.03 Å². The molecule has 4 amide bonds. The first kappa shape index (κ1) is 22.6. The minimum absolute atomic E-state index is 0.153. The molecule has 1 fully saturated rings. The lowest BCUT2D eigenvalue weighted by atomic mass is 10.1. The summed E-state index contributed by atoms with van der Waals surface area (Å²) in [4.78, 5) is 39.1. The van der Waals surface area contributed by atoms with Crippen LogP contribution in [0.4, 0.5) is 10.5 Å². The van der Waals surface area contributed by atoms with E-state index in [1.165, 1.54) is 13.2 Å². The molecule has 0 atom stereocenters. The number of urea groups is 1. The van der Waals surface area contributed by atoms with E-state index in [0.717, 1.165) is 22.0 Å². The number of halogens is 2. The van der Waals surface area contributed by atoms with Crippen molar-refractivity contribution in [2.24, 2.45) is 0 Å². The number of rotatable bonds is 4. The molecule has 2 aromatic carbocycles. The van der Waals surface area contributed by atoms with Crippen LogP contribution in [-0.4, -0.2) is 29.5 Å². The first-order valence-corrected chi connectivity index (χ1v) is 10.7. The Bertz CT molecular complexity index is 1330. The normalized spacial score (nSPS) is 15.2. The van der Waals surface area contributed by atoms with Crippen LogP contribution in [0.25, 0.3) is 11.8 Å². The van der Waals surface area contributed by atoms with Crippen molar-refractivity contribution in [1.29, 1.82) is 0 Å². The number of imide groups is 2. The summed E-state index contributed by atoms with van der Waals surface area (Å²) in [5, 5.41) is 3.09. The summed E-state index contributed by atoms with van der Waals surface area (Å²) in [5.41, 5.74) is 3.26. The highest BCUT2D eigenvalue weighted by molar-refractivity contribution is 6.42. The van der Waals surface area contributed by atoms with Crippen molar-refractivity contribution in [3.05, 3.63) is 81.1 Å². The van der Waals surface area contributed by atoms with E-state index in [-0.39, 0.29) is 5.57 Å². The topological polar surface area (TPSA) is 80.6 Å². The van der Waals surface area contributed by atoms with Crippen LogP contribution in [0, 0.1) is 13.8 Å². The maximum absolute atomic E-state index is 13.2. The Morgan fingerprint density at radius 3 is 2.21 bits per heavy atom. The summed E-state index contributed by atoms with van der Waals surface area (Å²) >= 11 is 12.2. The van der Waals surface area contributed by atoms with Gasteiger partial charge in [-0.25, -0.2) is 9.69 Å². The number of nitrogens with zero attached hydrogens (tertiary/aromatic N) is 2. The molecule has 0 spiro atoms. The second-order valence-electron chi connectivity index (χ2n) is 7.42. The zero-order chi connectivity index (χ0) is 23.9. The van der Waals surface area contributed by atoms with Crippen LogP contribution in [0.15, 0.2) is 54.1 Å². The van der Waals surface area contributed by atoms with Crippen molar-refractivity contribution in [3.63, 3.8) is 0 Å². The number of aromatic nitrogens is 1. The van der Waals surface area contributed by atoms with E-state index >= 15 is 0 Å². The molecule has 3 aromatic rings. The van der Waals surface area contributed by atoms with Crippen LogP contribution in [0.1, 0.15) is 17.0 Å². The predicted octanol–water partition coefficient (Wildman–Crippen LogP) is 5.08. The number of benzene rings is 2. The Morgan fingerprint density at radius 1 is 0.909 bits per heavy atom. The molecule has 0 aliphatic carbocycles. The van der Waals surface area contributed by atoms with E-state index in [1.807, 2.05) is 30.5 Å². The summed E-state index contributed by atoms with van der Waals surface area (Å²) in [6.07, 6.45) is 1.48. The van der Waals surface area contributed by atoms with Gasteiger partial charge in [0.2, 0.25) is 0 Å². The first-order chi connectivity index (χ1) is 15.7. The molecular formula is C24H19Cl2N3O4. The minimum atomic E-state index is -0.811. The van der Waals surface area contributed by atoms with Crippen LogP contribution in [0.5, 0.6) is 5.75 Å². The van der Waals surface area contributed by atoms with Crippen LogP contribution >= 0.6 is 23.2 Å². The van der Waals surface area contributed by atoms with Crippen LogP contribution in [0.2, 0.25) is 10.0 Å². The summed E-state index contributed by atoms with van der Waals surface area (Å²) in [6.45, 7) is 3.76.